The Balaban J connectivity index is 0.788. The van der Waals surface area contributed by atoms with Crippen LogP contribution in [0.25, 0.3) is 10.9 Å². The number of H-pyrrole nitrogens is 1. The number of aromatic nitrogens is 1. The quantitative estimate of drug-likeness (QED) is 0.205. The normalized spacial score (nSPS) is 23.9. The molecule has 0 aliphatic carbocycles. The lowest BCUT2D eigenvalue weighted by Gasteiger charge is -2.43. The molecular formula is C46H52F3N7O5. The van der Waals surface area contributed by atoms with Crippen LogP contribution in [0.2, 0.25) is 0 Å². The number of piperazine rings is 1. The number of hydrogen-bond donors (Lipinski definition) is 2. The molecule has 2 N–H and O–H groups in total. The van der Waals surface area contributed by atoms with Crippen molar-refractivity contribution in [3.05, 3.63) is 82.0 Å². The first-order valence-electron chi connectivity index (χ1n) is 21.7. The molecule has 3 aromatic carbocycles. The van der Waals surface area contributed by atoms with E-state index in [-0.39, 0.29) is 56.1 Å². The van der Waals surface area contributed by atoms with E-state index in [9.17, 15) is 14.4 Å². The maximum Gasteiger partial charge on any atom is 0.259 e. The molecule has 3 fully saturated rings. The predicted molar refractivity (Wildman–Crippen MR) is 224 cm³/mol. The number of halogens is 3. The topological polar surface area (TPSA) is 114 Å². The molecule has 0 radical (unpaired) electrons. The molecule has 3 saturated heterocycles. The summed E-state index contributed by atoms with van der Waals surface area (Å²) < 4.78 is 60.0. The number of piperidine rings is 2. The van der Waals surface area contributed by atoms with E-state index >= 15 is 13.2 Å². The summed E-state index contributed by atoms with van der Waals surface area (Å²) in [4.78, 5) is 51.7. The van der Waals surface area contributed by atoms with Gasteiger partial charge < -0.3 is 29.2 Å². The van der Waals surface area contributed by atoms with Crippen LogP contribution in [0.3, 0.4) is 0 Å². The molecule has 3 atom stereocenters. The van der Waals surface area contributed by atoms with Crippen LogP contribution in [-0.4, -0.2) is 114 Å². The molecule has 6 aliphatic rings. The highest BCUT2D eigenvalue weighted by molar-refractivity contribution is 6.07. The Morgan fingerprint density at radius 3 is 2.33 bits per heavy atom. The molecule has 4 aromatic rings. The molecule has 0 saturated carbocycles. The zero-order valence-corrected chi connectivity index (χ0v) is 34.9. The summed E-state index contributed by atoms with van der Waals surface area (Å²) in [5.74, 6) is -0.897. The Hall–Kier alpha value is -5.28. The van der Waals surface area contributed by atoms with Crippen LogP contribution < -0.4 is 24.6 Å². The largest absolute Gasteiger partial charge is 0.453 e. The number of para-hydroxylation sites is 1. The summed E-state index contributed by atoms with van der Waals surface area (Å²) in [5.41, 5.74) is 3.66. The van der Waals surface area contributed by atoms with E-state index in [1.807, 2.05) is 42.2 Å². The van der Waals surface area contributed by atoms with Gasteiger partial charge in [0.25, 0.3) is 5.91 Å². The van der Waals surface area contributed by atoms with Crippen LogP contribution in [0, 0.1) is 17.6 Å². The van der Waals surface area contributed by atoms with Crippen LogP contribution >= 0.6 is 0 Å². The number of rotatable bonds is 8. The SMILES string of the molecule is C[C@@H]1Cc2c([nH]c3ccccc23)[C@@H](c2c(F)cc(N3CCC(CN4CCN(c5cc6c(c7c5OCO7)C(=O)N(C5CCC(=O)NC5=O)C6)CC4)CC3)cc2F)N1CC(C)(C)F. The van der Waals surface area contributed by atoms with Crippen molar-refractivity contribution >= 4 is 40.0 Å². The average molecular weight is 840 g/mol. The second-order valence-electron chi connectivity index (χ2n) is 18.3. The standard InChI is InChI=1S/C46H52F3N7O5/c1-26-18-31-30-6-4-5-7-34(30)50-40(31)41(56(26)24-46(2,3)49)39-32(47)20-29(21-33(39)48)53-12-10-27(11-13-53)22-52-14-16-54(17-15-52)36-19-28-23-55(35-8-9-37(57)51-44(35)58)45(59)38(28)43-42(36)60-25-61-43/h4-7,19-21,26-27,35,41,50H,8-18,22-25H2,1-3H3,(H,51,57,58)/t26-,35?,41-/m1/s1. The molecule has 15 heteroatoms. The maximum absolute atomic E-state index is 16.5. The maximum atomic E-state index is 16.5. The van der Waals surface area contributed by atoms with Crippen molar-refractivity contribution < 1.29 is 37.0 Å². The Bertz CT molecular complexity index is 2390. The van der Waals surface area contributed by atoms with Crippen molar-refractivity contribution in [3.8, 4) is 11.5 Å². The van der Waals surface area contributed by atoms with Crippen molar-refractivity contribution in [1.29, 1.82) is 0 Å². The van der Waals surface area contributed by atoms with Gasteiger partial charge in [0.2, 0.25) is 18.6 Å². The van der Waals surface area contributed by atoms with Crippen LogP contribution in [0.4, 0.5) is 24.5 Å². The van der Waals surface area contributed by atoms with Crippen LogP contribution in [-0.2, 0) is 22.6 Å². The lowest BCUT2D eigenvalue weighted by atomic mass is 9.87. The highest BCUT2D eigenvalue weighted by atomic mass is 19.1. The van der Waals surface area contributed by atoms with Gasteiger partial charge in [-0.05, 0) is 87.8 Å². The summed E-state index contributed by atoms with van der Waals surface area (Å²) >= 11 is 0. The van der Waals surface area contributed by atoms with E-state index in [0.29, 0.717) is 48.2 Å². The van der Waals surface area contributed by atoms with Gasteiger partial charge >= 0.3 is 0 Å². The minimum atomic E-state index is -1.57. The van der Waals surface area contributed by atoms with Gasteiger partial charge in [-0.25, -0.2) is 13.2 Å². The molecule has 3 amide bonds. The number of nitrogens with one attached hydrogen (secondary N) is 2. The first-order chi connectivity index (χ1) is 29.3. The van der Waals surface area contributed by atoms with Gasteiger partial charge in [0.05, 0.1) is 17.3 Å². The Labute approximate surface area is 352 Å². The first-order valence-corrected chi connectivity index (χ1v) is 21.7. The van der Waals surface area contributed by atoms with Crippen molar-refractivity contribution in [2.75, 3.05) is 69.0 Å². The molecule has 1 aromatic heterocycles. The molecule has 10 rings (SSSR count). The number of aromatic amines is 1. The average Bonchev–Trinajstić information content (AvgIpc) is 3.94. The number of amides is 3. The number of ether oxygens (including phenoxy) is 2. The Kier molecular flexibility index (Phi) is 9.97. The third kappa shape index (κ3) is 7.16. The van der Waals surface area contributed by atoms with E-state index in [0.717, 1.165) is 79.0 Å². The van der Waals surface area contributed by atoms with Gasteiger partial charge in [0, 0.05) is 99.2 Å². The molecule has 0 spiro atoms. The Morgan fingerprint density at radius 1 is 0.885 bits per heavy atom. The van der Waals surface area contributed by atoms with Gasteiger partial charge in [0.1, 0.15) is 23.3 Å². The van der Waals surface area contributed by atoms with E-state index < -0.39 is 35.3 Å². The van der Waals surface area contributed by atoms with Crippen LogP contribution in [0.15, 0.2) is 42.5 Å². The highest BCUT2D eigenvalue weighted by Gasteiger charge is 2.44. The fourth-order valence-corrected chi connectivity index (χ4v) is 10.8. The molecule has 0 bridgehead atoms. The minimum absolute atomic E-state index is 0.00969. The second kappa shape index (κ2) is 15.3. The monoisotopic (exact) mass is 839 g/mol. The molecule has 7 heterocycles. The number of imide groups is 1. The minimum Gasteiger partial charge on any atom is -0.453 e. The van der Waals surface area contributed by atoms with E-state index in [2.05, 4.69) is 25.0 Å². The third-order valence-electron chi connectivity index (χ3n) is 13.7. The zero-order valence-electron chi connectivity index (χ0n) is 34.9. The highest BCUT2D eigenvalue weighted by Crippen LogP contribution is 2.49. The van der Waals surface area contributed by atoms with Gasteiger partial charge in [-0.3, -0.25) is 29.5 Å². The molecule has 322 valence electrons. The molecule has 61 heavy (non-hydrogen) atoms. The van der Waals surface area contributed by atoms with Crippen molar-refractivity contribution in [3.63, 3.8) is 0 Å². The molecule has 12 nitrogen and oxygen atoms in total. The smallest absolute Gasteiger partial charge is 0.259 e. The lowest BCUT2D eigenvalue weighted by molar-refractivity contribution is -0.136. The molecule has 6 aliphatic heterocycles. The van der Waals surface area contributed by atoms with Gasteiger partial charge in [0.15, 0.2) is 11.5 Å². The third-order valence-corrected chi connectivity index (χ3v) is 13.7. The van der Waals surface area contributed by atoms with Crippen molar-refractivity contribution in [1.82, 2.24) is 25.0 Å². The Morgan fingerprint density at radius 2 is 1.61 bits per heavy atom. The number of carbonyl (C=O) groups is 3. The van der Waals surface area contributed by atoms with Crippen molar-refractivity contribution in [2.24, 2.45) is 5.92 Å². The molecular weight excluding hydrogens is 788 g/mol. The zero-order chi connectivity index (χ0) is 42.3. The van der Waals surface area contributed by atoms with E-state index in [4.69, 9.17) is 9.47 Å². The van der Waals surface area contributed by atoms with Crippen LogP contribution in [0.1, 0.15) is 85.2 Å². The summed E-state index contributed by atoms with van der Waals surface area (Å²) in [5, 5.41) is 3.39. The van der Waals surface area contributed by atoms with E-state index in [1.165, 1.54) is 30.9 Å². The molecule has 1 unspecified atom stereocenters. The van der Waals surface area contributed by atoms with Gasteiger partial charge in [-0.15, -0.1) is 0 Å². The van der Waals surface area contributed by atoms with Crippen molar-refractivity contribution in [2.45, 2.75) is 83.2 Å². The summed E-state index contributed by atoms with van der Waals surface area (Å²) in [6.07, 6.45) is 2.91. The predicted octanol–water partition coefficient (Wildman–Crippen LogP) is 6.06. The summed E-state index contributed by atoms with van der Waals surface area (Å²) in [6.45, 7) is 10.8. The first kappa shape index (κ1) is 39.8. The second-order valence-corrected chi connectivity index (χ2v) is 18.3. The van der Waals surface area contributed by atoms with Gasteiger partial charge in [-0.2, -0.15) is 0 Å². The fraction of sp³-hybridized carbons (Fsp3) is 0.500. The summed E-state index contributed by atoms with van der Waals surface area (Å²) in [7, 11) is 0. The fourth-order valence-electron chi connectivity index (χ4n) is 10.8. The number of benzene rings is 3. The van der Waals surface area contributed by atoms with Gasteiger partial charge in [-0.1, -0.05) is 18.2 Å². The van der Waals surface area contributed by atoms with E-state index in [1.54, 1.807) is 0 Å². The number of nitrogens with zero attached hydrogens (tertiary/aromatic N) is 5. The number of hydrogen-bond acceptors (Lipinski definition) is 9. The number of carbonyl (C=O) groups excluding carboxylic acids is 3. The summed E-state index contributed by atoms with van der Waals surface area (Å²) in [6, 6.07) is 11.2. The number of alkyl halides is 1. The number of fused-ring (bicyclic) bond motifs is 6. The van der Waals surface area contributed by atoms with Crippen LogP contribution in [0.5, 0.6) is 11.5 Å². The lowest BCUT2D eigenvalue weighted by Crippen LogP contribution is -2.52. The number of anilines is 2.